The van der Waals surface area contributed by atoms with Gasteiger partial charge in [-0.05, 0) is 49.8 Å². The van der Waals surface area contributed by atoms with Gasteiger partial charge in [0.15, 0.2) is 0 Å². The smallest absolute Gasteiger partial charge is 0.421 e. The molecule has 4 aromatic rings. The second kappa shape index (κ2) is 14.2. The molecule has 1 saturated carbocycles. The molecule has 1 N–H and O–H groups in total. The molecule has 2 fully saturated rings. The molecule has 0 unspecified atom stereocenters. The highest BCUT2D eigenvalue weighted by atomic mass is 19.4. The summed E-state index contributed by atoms with van der Waals surface area (Å²) < 4.78 is 66.6. The summed E-state index contributed by atoms with van der Waals surface area (Å²) in [7, 11) is 1.48. The zero-order chi connectivity index (χ0) is 34.6. The van der Waals surface area contributed by atoms with E-state index in [4.69, 9.17) is 9.47 Å². The molecule has 2 aliphatic rings. The lowest BCUT2D eigenvalue weighted by molar-refractivity contribution is -0.137. The number of alkyl halides is 4. The predicted octanol–water partition coefficient (Wildman–Crippen LogP) is 6.86. The number of rotatable bonds is 10. The summed E-state index contributed by atoms with van der Waals surface area (Å²) in [6.07, 6.45) is 2.84. The van der Waals surface area contributed by atoms with Crippen LogP contribution in [-0.2, 0) is 17.5 Å². The van der Waals surface area contributed by atoms with E-state index < -0.39 is 23.5 Å². The van der Waals surface area contributed by atoms with Gasteiger partial charge in [0.05, 0.1) is 20.2 Å². The number of amides is 1. The Balaban J connectivity index is 1.16. The Morgan fingerprint density at radius 1 is 0.959 bits per heavy atom. The number of ether oxygens (including phenoxy) is 2. The first-order valence-corrected chi connectivity index (χ1v) is 16.0. The van der Waals surface area contributed by atoms with Gasteiger partial charge >= 0.3 is 18.3 Å². The number of nitrogens with one attached hydrogen (secondary N) is 1. The molecule has 11 nitrogen and oxygen atoms in total. The maximum atomic E-state index is 14.6. The van der Waals surface area contributed by atoms with Crippen LogP contribution in [0.4, 0.5) is 39.9 Å². The Morgan fingerprint density at radius 3 is 2.27 bits per heavy atom. The molecule has 1 amide bonds. The minimum absolute atomic E-state index is 0.0400. The highest BCUT2D eigenvalue weighted by Crippen LogP contribution is 2.40. The number of halogens is 4. The first-order valence-electron chi connectivity index (χ1n) is 16.0. The number of methoxy groups -OCH3 is 1. The summed E-state index contributed by atoms with van der Waals surface area (Å²) >= 11 is 0. The van der Waals surface area contributed by atoms with E-state index >= 15 is 0 Å². The molecule has 3 aromatic heterocycles. The lowest BCUT2D eigenvalue weighted by Gasteiger charge is -2.45. The zero-order valence-corrected chi connectivity index (χ0v) is 27.0. The summed E-state index contributed by atoms with van der Waals surface area (Å²) in [5.74, 6) is 0.121. The maximum Gasteiger partial charge on any atom is 0.421 e. The Morgan fingerprint density at radius 2 is 1.65 bits per heavy atom. The number of nitrogens with zero attached hydrogens (tertiary/aromatic N) is 7. The lowest BCUT2D eigenvalue weighted by atomic mass is 9.90. The molecule has 15 heteroatoms. The van der Waals surface area contributed by atoms with Crippen LogP contribution in [0.3, 0.4) is 0 Å². The summed E-state index contributed by atoms with van der Waals surface area (Å²) in [6.45, 7) is 1.43. The molecule has 1 aromatic carbocycles. The van der Waals surface area contributed by atoms with Crippen LogP contribution in [0.25, 0.3) is 11.1 Å². The maximum absolute atomic E-state index is 14.6. The number of benzene rings is 1. The van der Waals surface area contributed by atoms with E-state index in [0.717, 1.165) is 22.9 Å². The molecule has 1 aliphatic carbocycles. The molecule has 0 spiro atoms. The van der Waals surface area contributed by atoms with Gasteiger partial charge in [-0.2, -0.15) is 18.2 Å². The van der Waals surface area contributed by atoms with Crippen LogP contribution in [0.2, 0.25) is 0 Å². The minimum atomic E-state index is -4.68. The van der Waals surface area contributed by atoms with Crippen molar-refractivity contribution in [2.24, 2.45) is 0 Å². The molecule has 0 bridgehead atoms. The lowest BCUT2D eigenvalue weighted by Crippen LogP contribution is -2.59. The van der Waals surface area contributed by atoms with Crippen LogP contribution in [0, 0.1) is 0 Å². The Kier molecular flexibility index (Phi) is 9.79. The third-order valence-corrected chi connectivity index (χ3v) is 8.89. The third-order valence-electron chi connectivity index (χ3n) is 8.89. The third kappa shape index (κ3) is 7.81. The van der Waals surface area contributed by atoms with E-state index in [0.29, 0.717) is 31.5 Å². The molecule has 49 heavy (non-hydrogen) atoms. The van der Waals surface area contributed by atoms with E-state index in [-0.39, 0.29) is 56.0 Å². The standard InChI is InChI=1S/C34H36F4N8O3/c1-3-33(35)20-45(21-33)29-27(34(36,37)38)18-40-30(44-29)43-25-10-12-26(13-11-25)46(32(47)49-19-22-7-5-4-6-8-22)28-14-9-23(15-39-28)24-16-41-31(48-2)42-17-24/h4-9,14-18,25-26H,3,10-13,19-21H2,1-2H3,(H,40,43,44). The van der Waals surface area contributed by atoms with Crippen molar-refractivity contribution in [1.29, 1.82) is 0 Å². The second-order valence-electron chi connectivity index (χ2n) is 12.2. The fourth-order valence-corrected chi connectivity index (χ4v) is 6.04. The number of hydrogen-bond donors (Lipinski definition) is 1. The molecule has 1 aliphatic heterocycles. The van der Waals surface area contributed by atoms with Gasteiger partial charge in [-0.1, -0.05) is 37.3 Å². The summed E-state index contributed by atoms with van der Waals surface area (Å²) in [6, 6.07) is 12.7. The Labute approximate surface area is 280 Å². The Hall–Kier alpha value is -5.08. The zero-order valence-electron chi connectivity index (χ0n) is 27.0. The monoisotopic (exact) mass is 680 g/mol. The molecule has 4 heterocycles. The van der Waals surface area contributed by atoms with Crippen molar-refractivity contribution in [3.05, 3.63) is 78.4 Å². The molecule has 0 atom stereocenters. The minimum Gasteiger partial charge on any atom is -0.467 e. The van der Waals surface area contributed by atoms with E-state index in [9.17, 15) is 22.4 Å². The fourth-order valence-electron chi connectivity index (χ4n) is 6.04. The van der Waals surface area contributed by atoms with Crippen LogP contribution in [0.5, 0.6) is 6.01 Å². The van der Waals surface area contributed by atoms with Crippen LogP contribution < -0.4 is 19.9 Å². The van der Waals surface area contributed by atoms with Crippen LogP contribution in [0.15, 0.2) is 67.3 Å². The largest absolute Gasteiger partial charge is 0.467 e. The van der Waals surface area contributed by atoms with Crippen molar-refractivity contribution in [2.75, 3.05) is 35.3 Å². The van der Waals surface area contributed by atoms with Crippen molar-refractivity contribution < 1.29 is 31.8 Å². The van der Waals surface area contributed by atoms with Gasteiger partial charge in [0.1, 0.15) is 29.5 Å². The van der Waals surface area contributed by atoms with Crippen LogP contribution in [-0.4, -0.2) is 69.0 Å². The normalized spacial score (nSPS) is 18.7. The highest BCUT2D eigenvalue weighted by Gasteiger charge is 2.46. The Bertz CT molecular complexity index is 1710. The number of anilines is 3. The van der Waals surface area contributed by atoms with E-state index in [1.165, 1.54) is 12.0 Å². The van der Waals surface area contributed by atoms with Crippen molar-refractivity contribution >= 4 is 23.7 Å². The average molecular weight is 681 g/mol. The summed E-state index contributed by atoms with van der Waals surface area (Å²) in [5.41, 5.74) is -0.220. The first kappa shape index (κ1) is 33.8. The van der Waals surface area contributed by atoms with Gasteiger partial charge < -0.3 is 19.7 Å². The van der Waals surface area contributed by atoms with Gasteiger partial charge in [-0.3, -0.25) is 4.90 Å². The number of carbonyl (C=O) groups excluding carboxylic acids is 1. The average Bonchev–Trinajstić information content (AvgIpc) is 3.10. The van der Waals surface area contributed by atoms with E-state index in [1.807, 2.05) is 36.4 Å². The van der Waals surface area contributed by atoms with Crippen molar-refractivity contribution in [3.8, 4) is 17.1 Å². The van der Waals surface area contributed by atoms with E-state index in [1.54, 1.807) is 36.5 Å². The first-order chi connectivity index (χ1) is 23.5. The van der Waals surface area contributed by atoms with Gasteiger partial charge in [0, 0.05) is 48.0 Å². The van der Waals surface area contributed by atoms with Gasteiger partial charge in [-0.15, -0.1) is 0 Å². The molecule has 0 radical (unpaired) electrons. The molecular weight excluding hydrogens is 644 g/mol. The number of pyridine rings is 1. The van der Waals surface area contributed by atoms with Crippen molar-refractivity contribution in [3.63, 3.8) is 0 Å². The number of hydrogen-bond acceptors (Lipinski definition) is 10. The quantitative estimate of drug-likeness (QED) is 0.178. The second-order valence-corrected chi connectivity index (χ2v) is 12.2. The number of aromatic nitrogens is 5. The molecule has 258 valence electrons. The van der Waals surface area contributed by atoms with Gasteiger partial charge in [0.2, 0.25) is 5.95 Å². The predicted molar refractivity (Wildman–Crippen MR) is 174 cm³/mol. The van der Waals surface area contributed by atoms with Crippen molar-refractivity contribution in [2.45, 2.75) is 69.6 Å². The van der Waals surface area contributed by atoms with Gasteiger partial charge in [-0.25, -0.2) is 29.1 Å². The van der Waals surface area contributed by atoms with E-state index in [2.05, 4.69) is 30.2 Å². The molecular formula is C34H36F4N8O3. The fraction of sp³-hybridized carbons (Fsp3) is 0.412. The number of carbonyl (C=O) groups is 1. The molecule has 1 saturated heterocycles. The van der Waals surface area contributed by atoms with Crippen LogP contribution in [0.1, 0.15) is 50.2 Å². The summed E-state index contributed by atoms with van der Waals surface area (Å²) in [5, 5.41) is 3.17. The topological polar surface area (TPSA) is 118 Å². The SMILES string of the molecule is CCC1(F)CN(c2nc(NC3CCC(N(C(=O)OCc4ccccc4)c4ccc(-c5cnc(OC)nc5)cn4)CC3)ncc2C(F)(F)F)C1. The summed E-state index contributed by atoms with van der Waals surface area (Å²) in [4.78, 5) is 37.5. The van der Waals surface area contributed by atoms with Crippen molar-refractivity contribution in [1.82, 2.24) is 24.9 Å². The van der Waals surface area contributed by atoms with Crippen LogP contribution >= 0.6 is 0 Å². The highest BCUT2D eigenvalue weighted by molar-refractivity contribution is 5.87. The van der Waals surface area contributed by atoms with Gasteiger partial charge in [0.25, 0.3) is 0 Å². The molecule has 6 rings (SSSR count).